The van der Waals surface area contributed by atoms with E-state index in [4.69, 9.17) is 38.4 Å². The fourth-order valence-electron chi connectivity index (χ4n) is 3.44. The average molecular weight is 462 g/mol. The number of hydrogen-bond acceptors (Lipinski definition) is 6. The molecule has 5 N–H and O–H groups in total. The molecule has 6 nitrogen and oxygen atoms in total. The van der Waals surface area contributed by atoms with Gasteiger partial charge in [0.25, 0.3) is 0 Å². The van der Waals surface area contributed by atoms with E-state index in [1.165, 1.54) is 6.42 Å². The van der Waals surface area contributed by atoms with Gasteiger partial charge in [0, 0.05) is 32.8 Å². The van der Waals surface area contributed by atoms with E-state index < -0.39 is 6.10 Å². The molecule has 8 heteroatoms. The number of benzene rings is 1. The van der Waals surface area contributed by atoms with Crippen LogP contribution in [0.5, 0.6) is 0 Å². The first-order valence-corrected chi connectivity index (χ1v) is 11.9. The van der Waals surface area contributed by atoms with Crippen molar-refractivity contribution < 1.29 is 14.6 Å². The van der Waals surface area contributed by atoms with Gasteiger partial charge in [-0.15, -0.1) is 0 Å². The number of aliphatic hydroxyl groups excluding tert-OH is 1. The van der Waals surface area contributed by atoms with Gasteiger partial charge in [0.1, 0.15) is 0 Å². The number of nitrogens with one attached hydrogen (secondary N) is 2. The largest absolute Gasteiger partial charge is 0.396 e. The van der Waals surface area contributed by atoms with Crippen LogP contribution in [0.4, 0.5) is 5.69 Å². The van der Waals surface area contributed by atoms with Crippen LogP contribution in [-0.4, -0.2) is 57.2 Å². The van der Waals surface area contributed by atoms with Gasteiger partial charge in [0.05, 0.1) is 34.5 Å². The van der Waals surface area contributed by atoms with Crippen LogP contribution in [-0.2, 0) is 9.47 Å². The molecule has 2 rings (SSSR count). The Morgan fingerprint density at radius 3 is 2.53 bits per heavy atom. The first-order valence-electron chi connectivity index (χ1n) is 11.1. The summed E-state index contributed by atoms with van der Waals surface area (Å²) in [6.07, 6.45) is 7.61. The summed E-state index contributed by atoms with van der Waals surface area (Å²) in [5, 5.41) is 17.6. The Bertz CT molecular complexity index is 578. The van der Waals surface area contributed by atoms with Crippen molar-refractivity contribution in [3.63, 3.8) is 0 Å². The van der Waals surface area contributed by atoms with Crippen LogP contribution in [0.3, 0.4) is 0 Å². The van der Waals surface area contributed by atoms with Crippen LogP contribution in [0.15, 0.2) is 12.1 Å². The fourth-order valence-corrected chi connectivity index (χ4v) is 3.95. The highest BCUT2D eigenvalue weighted by molar-refractivity contribution is 6.38. The predicted molar refractivity (Wildman–Crippen MR) is 124 cm³/mol. The second-order valence-electron chi connectivity index (χ2n) is 7.84. The number of morpholine rings is 1. The number of halogens is 2. The van der Waals surface area contributed by atoms with E-state index in [9.17, 15) is 5.11 Å². The van der Waals surface area contributed by atoms with Gasteiger partial charge < -0.3 is 30.9 Å². The van der Waals surface area contributed by atoms with E-state index in [0.29, 0.717) is 33.9 Å². The smallest absolute Gasteiger partial charge is 0.0915 e. The minimum absolute atomic E-state index is 0.345. The molecule has 0 saturated carbocycles. The lowest BCUT2D eigenvalue weighted by atomic mass is 10.1. The number of aliphatic hydroxyl groups is 1. The molecule has 0 radical (unpaired) electrons. The molecule has 30 heavy (non-hydrogen) atoms. The van der Waals surface area contributed by atoms with Crippen LogP contribution in [0.1, 0.15) is 56.6 Å². The molecular weight excluding hydrogens is 425 g/mol. The third-order valence-corrected chi connectivity index (χ3v) is 5.91. The SMILES string of the molecule is Nc1c(Cl)cc(C(O)CNCCCCCCOCCCCC2CNCCO2)cc1Cl. The average Bonchev–Trinajstić information content (AvgIpc) is 2.75. The van der Waals surface area contributed by atoms with Crippen LogP contribution in [0.25, 0.3) is 0 Å². The van der Waals surface area contributed by atoms with Gasteiger partial charge in [-0.25, -0.2) is 0 Å². The second kappa shape index (κ2) is 15.2. The van der Waals surface area contributed by atoms with Crippen LogP contribution in [0.2, 0.25) is 10.0 Å². The summed E-state index contributed by atoms with van der Waals surface area (Å²) in [4.78, 5) is 0. The summed E-state index contributed by atoms with van der Waals surface area (Å²) in [6.45, 7) is 5.81. The van der Waals surface area contributed by atoms with Crippen molar-refractivity contribution in [1.82, 2.24) is 10.6 Å². The maximum atomic E-state index is 10.2. The van der Waals surface area contributed by atoms with Gasteiger partial charge >= 0.3 is 0 Å². The van der Waals surface area contributed by atoms with Crippen molar-refractivity contribution in [3.8, 4) is 0 Å². The highest BCUT2D eigenvalue weighted by Gasteiger charge is 2.13. The number of nitrogens with two attached hydrogens (primary N) is 1. The molecule has 1 saturated heterocycles. The molecule has 0 spiro atoms. The maximum absolute atomic E-state index is 10.2. The summed E-state index contributed by atoms with van der Waals surface area (Å²) in [5.74, 6) is 0. The van der Waals surface area contributed by atoms with E-state index in [2.05, 4.69) is 10.6 Å². The van der Waals surface area contributed by atoms with Crippen LogP contribution >= 0.6 is 23.2 Å². The Kier molecular flexibility index (Phi) is 13.0. The normalized spacial score (nSPS) is 17.9. The Morgan fingerprint density at radius 1 is 1.13 bits per heavy atom. The molecule has 1 aliphatic heterocycles. The number of nitrogen functional groups attached to an aromatic ring is 1. The third-order valence-electron chi connectivity index (χ3n) is 5.29. The van der Waals surface area contributed by atoms with Crippen molar-refractivity contribution >= 4 is 28.9 Å². The van der Waals surface area contributed by atoms with E-state index in [1.54, 1.807) is 12.1 Å². The van der Waals surface area contributed by atoms with E-state index in [0.717, 1.165) is 78.0 Å². The summed E-state index contributed by atoms with van der Waals surface area (Å²) < 4.78 is 11.4. The lowest BCUT2D eigenvalue weighted by Gasteiger charge is -2.23. The summed E-state index contributed by atoms with van der Waals surface area (Å²) in [5.41, 5.74) is 6.74. The number of ether oxygens (including phenoxy) is 2. The van der Waals surface area contributed by atoms with Crippen molar-refractivity contribution in [2.45, 2.75) is 57.2 Å². The van der Waals surface area contributed by atoms with E-state index in [-0.39, 0.29) is 0 Å². The third kappa shape index (κ3) is 10.1. The van der Waals surface area contributed by atoms with Gasteiger partial charge in [0.15, 0.2) is 0 Å². The van der Waals surface area contributed by atoms with E-state index in [1.807, 2.05) is 0 Å². The molecule has 172 valence electrons. The molecule has 0 aliphatic carbocycles. The molecule has 1 heterocycles. The molecule has 1 fully saturated rings. The van der Waals surface area contributed by atoms with Crippen molar-refractivity contribution in [2.24, 2.45) is 0 Å². The van der Waals surface area contributed by atoms with Gasteiger partial charge in [-0.1, -0.05) is 36.0 Å². The monoisotopic (exact) mass is 461 g/mol. The van der Waals surface area contributed by atoms with Gasteiger partial charge in [-0.05, 0) is 56.3 Å². The van der Waals surface area contributed by atoms with Gasteiger partial charge in [-0.3, -0.25) is 0 Å². The van der Waals surface area contributed by atoms with Crippen LogP contribution in [0, 0.1) is 0 Å². The molecule has 1 aromatic carbocycles. The summed E-state index contributed by atoms with van der Waals surface area (Å²) in [7, 11) is 0. The quantitative estimate of drug-likeness (QED) is 0.233. The first-order chi connectivity index (χ1) is 14.6. The minimum Gasteiger partial charge on any atom is -0.396 e. The van der Waals surface area contributed by atoms with Gasteiger partial charge in [0.2, 0.25) is 0 Å². The molecule has 1 aliphatic rings. The number of hydrogen-bond donors (Lipinski definition) is 4. The summed E-state index contributed by atoms with van der Waals surface area (Å²) >= 11 is 12.0. The molecular formula is C22H37Cl2N3O3. The zero-order chi connectivity index (χ0) is 21.6. The number of anilines is 1. The second-order valence-corrected chi connectivity index (χ2v) is 8.65. The zero-order valence-corrected chi connectivity index (χ0v) is 19.3. The summed E-state index contributed by atoms with van der Waals surface area (Å²) in [6, 6.07) is 3.33. The van der Waals surface area contributed by atoms with Crippen LogP contribution < -0.4 is 16.4 Å². The maximum Gasteiger partial charge on any atom is 0.0915 e. The highest BCUT2D eigenvalue weighted by atomic mass is 35.5. The van der Waals surface area contributed by atoms with Crippen molar-refractivity contribution in [2.75, 3.05) is 51.7 Å². The first kappa shape index (κ1) is 25.7. The predicted octanol–water partition coefficient (Wildman–Crippen LogP) is 3.93. The standard InChI is InChI=1S/C22H37Cl2N3O3/c23-19-13-17(14-20(24)22(19)25)21(28)16-26-8-4-1-2-5-10-29-11-6-3-7-18-15-27-9-12-30-18/h13-14,18,21,26-28H,1-12,15-16,25H2. The number of rotatable bonds is 15. The lowest BCUT2D eigenvalue weighted by Crippen LogP contribution is -2.38. The minimum atomic E-state index is -0.657. The zero-order valence-electron chi connectivity index (χ0n) is 17.8. The molecule has 2 unspecified atom stereocenters. The lowest BCUT2D eigenvalue weighted by molar-refractivity contribution is 0.0204. The van der Waals surface area contributed by atoms with E-state index >= 15 is 0 Å². The molecule has 0 amide bonds. The fraction of sp³-hybridized carbons (Fsp3) is 0.727. The number of unbranched alkanes of at least 4 members (excludes halogenated alkanes) is 4. The Hall–Kier alpha value is -0.600. The van der Waals surface area contributed by atoms with Crippen molar-refractivity contribution in [1.29, 1.82) is 0 Å². The Labute approximate surface area is 190 Å². The van der Waals surface area contributed by atoms with Crippen molar-refractivity contribution in [3.05, 3.63) is 27.7 Å². The topological polar surface area (TPSA) is 88.8 Å². The molecule has 0 aromatic heterocycles. The molecule has 1 aromatic rings. The Morgan fingerprint density at radius 2 is 1.83 bits per heavy atom. The Balaban J connectivity index is 1.37. The van der Waals surface area contributed by atoms with Gasteiger partial charge in [-0.2, -0.15) is 0 Å². The molecule has 2 atom stereocenters. The highest BCUT2D eigenvalue weighted by Crippen LogP contribution is 2.31. The molecule has 0 bridgehead atoms.